The maximum Gasteiger partial charge on any atom is 0.257 e. The van der Waals surface area contributed by atoms with Gasteiger partial charge in [-0.3, -0.25) is 14.6 Å². The molecule has 1 saturated heterocycles. The molecule has 3 heterocycles. The van der Waals surface area contributed by atoms with Crippen LogP contribution in [-0.4, -0.2) is 52.9 Å². The molecule has 1 aromatic heterocycles. The smallest absolute Gasteiger partial charge is 0.257 e. The number of benzene rings is 1. The molecule has 0 radical (unpaired) electrons. The normalized spacial score (nSPS) is 26.2. The number of aliphatic hydroxyl groups is 1. The van der Waals surface area contributed by atoms with Gasteiger partial charge in [0, 0.05) is 35.6 Å². The predicted octanol–water partition coefficient (Wildman–Crippen LogP) is 2.78. The third kappa shape index (κ3) is 4.72. The number of carbonyl (C=O) groups excluding carboxylic acids is 2. The summed E-state index contributed by atoms with van der Waals surface area (Å²) in [6.45, 7) is -0.180. The van der Waals surface area contributed by atoms with Crippen molar-refractivity contribution >= 4 is 17.5 Å². The van der Waals surface area contributed by atoms with Crippen LogP contribution < -0.4 is 15.4 Å². The van der Waals surface area contributed by atoms with Crippen molar-refractivity contribution in [1.29, 1.82) is 0 Å². The van der Waals surface area contributed by atoms with E-state index in [1.807, 2.05) is 12.1 Å². The third-order valence-corrected chi connectivity index (χ3v) is 6.81. The second-order valence-corrected chi connectivity index (χ2v) is 9.11. The van der Waals surface area contributed by atoms with Crippen molar-refractivity contribution in [2.24, 2.45) is 0 Å². The molecule has 4 atom stereocenters. The molecule has 2 aromatic rings. The zero-order valence-electron chi connectivity index (χ0n) is 18.4. The molecule has 1 aliphatic carbocycles. The largest absolute Gasteiger partial charge is 0.487 e. The van der Waals surface area contributed by atoms with Crippen LogP contribution in [0.5, 0.6) is 5.75 Å². The lowest BCUT2D eigenvalue weighted by molar-refractivity contribution is -0.142. The van der Waals surface area contributed by atoms with Crippen molar-refractivity contribution in [3.05, 3.63) is 53.9 Å². The van der Waals surface area contributed by atoms with E-state index in [0.29, 0.717) is 17.7 Å². The molecule has 5 rings (SSSR count). The molecule has 2 aliphatic heterocycles. The van der Waals surface area contributed by atoms with E-state index in [-0.39, 0.29) is 49.0 Å². The zero-order chi connectivity index (χ0) is 22.8. The fourth-order valence-corrected chi connectivity index (χ4v) is 5.23. The maximum absolute atomic E-state index is 12.6. The highest BCUT2D eigenvalue weighted by Crippen LogP contribution is 2.47. The molecule has 2 amide bonds. The van der Waals surface area contributed by atoms with Gasteiger partial charge in [0.25, 0.3) is 5.91 Å². The first-order valence-corrected chi connectivity index (χ1v) is 11.7. The van der Waals surface area contributed by atoms with Crippen molar-refractivity contribution < 1.29 is 24.2 Å². The van der Waals surface area contributed by atoms with Gasteiger partial charge in [-0.15, -0.1) is 0 Å². The molecular formula is C25H29N3O5. The number of aliphatic hydroxyl groups excluding tert-OH is 1. The van der Waals surface area contributed by atoms with Gasteiger partial charge in [-0.05, 0) is 49.6 Å². The minimum absolute atomic E-state index is 0.00124. The van der Waals surface area contributed by atoms with Gasteiger partial charge in [0.05, 0.1) is 24.7 Å². The number of anilines is 1. The Morgan fingerprint density at radius 1 is 1.18 bits per heavy atom. The lowest BCUT2D eigenvalue weighted by Gasteiger charge is -2.37. The fourth-order valence-electron chi connectivity index (χ4n) is 5.23. The second-order valence-electron chi connectivity index (χ2n) is 9.11. The van der Waals surface area contributed by atoms with Crippen LogP contribution in [0.2, 0.25) is 0 Å². The van der Waals surface area contributed by atoms with E-state index in [1.165, 1.54) is 6.20 Å². The number of nitrogens with one attached hydrogen (secondary N) is 2. The van der Waals surface area contributed by atoms with E-state index in [2.05, 4.69) is 15.6 Å². The molecule has 8 nitrogen and oxygen atoms in total. The Kier molecular flexibility index (Phi) is 6.28. The highest BCUT2D eigenvalue weighted by molar-refractivity contribution is 6.04. The Labute approximate surface area is 192 Å². The highest BCUT2D eigenvalue weighted by Gasteiger charge is 2.46. The molecule has 0 spiro atoms. The topological polar surface area (TPSA) is 110 Å². The van der Waals surface area contributed by atoms with Crippen LogP contribution in [0.25, 0.3) is 0 Å². The summed E-state index contributed by atoms with van der Waals surface area (Å²) in [5, 5.41) is 16.0. The van der Waals surface area contributed by atoms with Crippen LogP contribution in [0.15, 0.2) is 42.7 Å². The molecule has 3 aliphatic rings. The summed E-state index contributed by atoms with van der Waals surface area (Å²) in [6, 6.07) is 9.25. The number of nitrogens with zero attached hydrogens (tertiary/aromatic N) is 1. The standard InChI is InChI=1S/C25H29N3O5/c29-14-22-24-20(11-18(32-22)12-23(30)27-16-5-1-2-6-16)19-10-17(7-8-21(19)33-24)28-25(31)15-4-3-9-26-13-15/h3-4,7-10,13,16,18,20,22,24,29H,1-2,5-6,11-12,14H2,(H,27,30)(H,28,31)/t18-,20-,22+,24+/m1/s1. The quantitative estimate of drug-likeness (QED) is 0.623. The number of rotatable bonds is 6. The first-order valence-electron chi connectivity index (χ1n) is 11.7. The molecule has 8 heteroatoms. The maximum atomic E-state index is 12.6. The average molecular weight is 452 g/mol. The Bertz CT molecular complexity index is 1010. The Morgan fingerprint density at radius 2 is 2.03 bits per heavy atom. The summed E-state index contributed by atoms with van der Waals surface area (Å²) < 4.78 is 12.2. The number of carbonyl (C=O) groups is 2. The summed E-state index contributed by atoms with van der Waals surface area (Å²) >= 11 is 0. The SMILES string of the molecule is O=C(C[C@H]1C[C@@H]2c3cc(NC(=O)c4cccnc4)ccc3O[C@@H]2[C@H](CO)O1)NC1CCCC1. The summed E-state index contributed by atoms with van der Waals surface area (Å²) in [4.78, 5) is 29.1. The van der Waals surface area contributed by atoms with E-state index in [4.69, 9.17) is 9.47 Å². The summed E-state index contributed by atoms with van der Waals surface area (Å²) in [5.74, 6) is 0.465. The van der Waals surface area contributed by atoms with Gasteiger partial charge in [-0.1, -0.05) is 12.8 Å². The minimum Gasteiger partial charge on any atom is -0.487 e. The van der Waals surface area contributed by atoms with Crippen LogP contribution >= 0.6 is 0 Å². The molecule has 174 valence electrons. The van der Waals surface area contributed by atoms with Gasteiger partial charge in [0.15, 0.2) is 0 Å². The van der Waals surface area contributed by atoms with E-state index < -0.39 is 6.10 Å². The van der Waals surface area contributed by atoms with Crippen LogP contribution in [0.3, 0.4) is 0 Å². The summed E-state index contributed by atoms with van der Waals surface area (Å²) in [5.41, 5.74) is 2.10. The zero-order valence-corrected chi connectivity index (χ0v) is 18.4. The Hall–Kier alpha value is -2.97. The van der Waals surface area contributed by atoms with Gasteiger partial charge < -0.3 is 25.2 Å². The van der Waals surface area contributed by atoms with Crippen LogP contribution in [0, 0.1) is 0 Å². The van der Waals surface area contributed by atoms with Crippen LogP contribution in [-0.2, 0) is 9.53 Å². The molecule has 3 N–H and O–H groups in total. The molecule has 0 unspecified atom stereocenters. The van der Waals surface area contributed by atoms with E-state index in [9.17, 15) is 14.7 Å². The Morgan fingerprint density at radius 3 is 2.79 bits per heavy atom. The number of amides is 2. The molecular weight excluding hydrogens is 422 g/mol. The van der Waals surface area contributed by atoms with Crippen LogP contribution in [0.4, 0.5) is 5.69 Å². The molecule has 1 aromatic carbocycles. The number of ether oxygens (including phenoxy) is 2. The number of aromatic nitrogens is 1. The van der Waals surface area contributed by atoms with E-state index >= 15 is 0 Å². The van der Waals surface area contributed by atoms with E-state index in [0.717, 1.165) is 37.0 Å². The van der Waals surface area contributed by atoms with Crippen LogP contribution in [0.1, 0.15) is 60.4 Å². The van der Waals surface area contributed by atoms with Crippen molar-refractivity contribution in [2.75, 3.05) is 11.9 Å². The minimum atomic E-state index is -0.506. The fraction of sp³-hybridized carbons (Fsp3) is 0.480. The second kappa shape index (κ2) is 9.49. The van der Waals surface area contributed by atoms with Crippen molar-refractivity contribution in [3.8, 4) is 5.75 Å². The van der Waals surface area contributed by atoms with E-state index in [1.54, 1.807) is 24.4 Å². The van der Waals surface area contributed by atoms with Gasteiger partial charge in [-0.2, -0.15) is 0 Å². The van der Waals surface area contributed by atoms with Gasteiger partial charge in [-0.25, -0.2) is 0 Å². The summed E-state index contributed by atoms with van der Waals surface area (Å²) in [6.07, 6.45) is 7.31. The summed E-state index contributed by atoms with van der Waals surface area (Å²) in [7, 11) is 0. The molecule has 1 saturated carbocycles. The Balaban J connectivity index is 1.29. The van der Waals surface area contributed by atoms with Gasteiger partial charge in [0.1, 0.15) is 18.0 Å². The molecule has 0 bridgehead atoms. The molecule has 2 fully saturated rings. The predicted molar refractivity (Wildman–Crippen MR) is 121 cm³/mol. The first-order chi connectivity index (χ1) is 16.1. The van der Waals surface area contributed by atoms with Crippen molar-refractivity contribution in [3.63, 3.8) is 0 Å². The average Bonchev–Trinajstić information content (AvgIpc) is 3.46. The number of fused-ring (bicyclic) bond motifs is 3. The van der Waals surface area contributed by atoms with Gasteiger partial charge in [0.2, 0.25) is 5.91 Å². The van der Waals surface area contributed by atoms with Gasteiger partial charge >= 0.3 is 0 Å². The van der Waals surface area contributed by atoms with Crippen molar-refractivity contribution in [2.45, 2.75) is 68.8 Å². The number of hydrogen-bond acceptors (Lipinski definition) is 6. The number of hydrogen-bond donors (Lipinski definition) is 3. The number of pyridine rings is 1. The van der Waals surface area contributed by atoms with Crippen molar-refractivity contribution in [1.82, 2.24) is 10.3 Å². The molecule has 33 heavy (non-hydrogen) atoms. The lowest BCUT2D eigenvalue weighted by atomic mass is 9.84. The monoisotopic (exact) mass is 451 g/mol. The lowest BCUT2D eigenvalue weighted by Crippen LogP contribution is -2.47. The highest BCUT2D eigenvalue weighted by atomic mass is 16.6. The first kappa shape index (κ1) is 21.9. The third-order valence-electron chi connectivity index (χ3n) is 6.81.